The van der Waals surface area contributed by atoms with Gasteiger partial charge in [0.1, 0.15) is 0 Å². The second-order valence-electron chi connectivity index (χ2n) is 4.13. The van der Waals surface area contributed by atoms with E-state index >= 15 is 0 Å². The van der Waals surface area contributed by atoms with Gasteiger partial charge in [0.25, 0.3) is 0 Å². The first kappa shape index (κ1) is 9.57. The largest absolute Gasteiger partial charge is 0.382 e. The van der Waals surface area contributed by atoms with Gasteiger partial charge in [0.05, 0.1) is 0 Å². The van der Waals surface area contributed by atoms with E-state index < -0.39 is 0 Å². The molecule has 0 spiro atoms. The van der Waals surface area contributed by atoms with Crippen molar-refractivity contribution in [2.45, 2.75) is 45.6 Å². The molecule has 0 bridgehead atoms. The number of rotatable bonds is 2. The van der Waals surface area contributed by atoms with Crippen molar-refractivity contribution >= 4 is 5.69 Å². The fourth-order valence-corrected chi connectivity index (χ4v) is 2.14. The fraction of sp³-hybridized carbons (Fsp3) is 0.538. The second-order valence-corrected chi connectivity index (χ2v) is 4.13. The molecule has 1 unspecified atom stereocenters. The topological polar surface area (TPSA) is 12.0 Å². The molecule has 0 saturated carbocycles. The molecule has 0 saturated heterocycles. The number of fused-ring (bicyclic) bond motifs is 1. The summed E-state index contributed by atoms with van der Waals surface area (Å²) in [5.74, 6) is 0. The van der Waals surface area contributed by atoms with Crippen LogP contribution in [0.4, 0.5) is 5.69 Å². The Balaban J connectivity index is 2.23. The Morgan fingerprint density at radius 2 is 2.21 bits per heavy atom. The van der Waals surface area contributed by atoms with Crippen LogP contribution in [-0.2, 0) is 12.8 Å². The Labute approximate surface area is 86.5 Å². The molecule has 1 nitrogen and oxygen atoms in total. The molecule has 0 aliphatic carbocycles. The molecule has 76 valence electrons. The summed E-state index contributed by atoms with van der Waals surface area (Å²) in [5, 5.41) is 3.60. The monoisotopic (exact) mass is 189 g/mol. The van der Waals surface area contributed by atoms with Gasteiger partial charge in [-0.3, -0.25) is 0 Å². The lowest BCUT2D eigenvalue weighted by Gasteiger charge is -2.26. The molecule has 1 aliphatic heterocycles. The molecular formula is C13H19N. The zero-order valence-electron chi connectivity index (χ0n) is 9.14. The Kier molecular flexibility index (Phi) is 2.76. The summed E-state index contributed by atoms with van der Waals surface area (Å²) in [6.45, 7) is 4.47. The molecule has 1 aromatic carbocycles. The lowest BCUT2D eigenvalue weighted by molar-refractivity contribution is 0.614. The molecule has 1 atom stereocenters. The summed E-state index contributed by atoms with van der Waals surface area (Å²) in [6, 6.07) is 7.53. The summed E-state index contributed by atoms with van der Waals surface area (Å²) >= 11 is 0. The molecule has 14 heavy (non-hydrogen) atoms. The summed E-state index contributed by atoms with van der Waals surface area (Å²) in [7, 11) is 0. The van der Waals surface area contributed by atoms with Crippen LogP contribution in [-0.4, -0.2) is 6.04 Å². The van der Waals surface area contributed by atoms with Crippen molar-refractivity contribution in [3.05, 3.63) is 29.3 Å². The molecular weight excluding hydrogens is 170 g/mol. The first-order chi connectivity index (χ1) is 6.83. The Hall–Kier alpha value is -0.980. The summed E-state index contributed by atoms with van der Waals surface area (Å²) < 4.78 is 0. The van der Waals surface area contributed by atoms with Crippen LogP contribution < -0.4 is 5.32 Å². The van der Waals surface area contributed by atoms with E-state index in [1.165, 1.54) is 36.1 Å². The average Bonchev–Trinajstić information content (AvgIpc) is 2.27. The number of benzene rings is 1. The standard InChI is InChI=1S/C13H19N/c1-3-10-5-8-13-11(9-10)6-7-12(4-2)14-13/h5,8-9,12,14H,3-4,6-7H2,1-2H3. The van der Waals surface area contributed by atoms with E-state index in [-0.39, 0.29) is 0 Å². The van der Waals surface area contributed by atoms with E-state index in [1.54, 1.807) is 0 Å². The first-order valence-corrected chi connectivity index (χ1v) is 5.71. The molecule has 0 fully saturated rings. The van der Waals surface area contributed by atoms with Gasteiger partial charge in [-0.15, -0.1) is 0 Å². The molecule has 1 aromatic rings. The SMILES string of the molecule is CCc1ccc2c(c1)CCC(CC)N2. The number of anilines is 1. The minimum atomic E-state index is 0.690. The molecule has 2 rings (SSSR count). The highest BCUT2D eigenvalue weighted by Gasteiger charge is 2.15. The van der Waals surface area contributed by atoms with Gasteiger partial charge < -0.3 is 5.32 Å². The van der Waals surface area contributed by atoms with Crippen molar-refractivity contribution in [3.63, 3.8) is 0 Å². The molecule has 0 amide bonds. The van der Waals surface area contributed by atoms with Crippen molar-refractivity contribution in [2.24, 2.45) is 0 Å². The van der Waals surface area contributed by atoms with E-state index in [4.69, 9.17) is 0 Å². The minimum Gasteiger partial charge on any atom is -0.382 e. The van der Waals surface area contributed by atoms with E-state index in [2.05, 4.69) is 37.4 Å². The van der Waals surface area contributed by atoms with Crippen LogP contribution in [0.2, 0.25) is 0 Å². The number of hydrogen-bond donors (Lipinski definition) is 1. The lowest BCUT2D eigenvalue weighted by atomic mass is 9.95. The van der Waals surface area contributed by atoms with Crippen molar-refractivity contribution in [1.29, 1.82) is 0 Å². The molecule has 1 N–H and O–H groups in total. The maximum Gasteiger partial charge on any atom is 0.0375 e. The van der Waals surface area contributed by atoms with E-state index in [0.29, 0.717) is 6.04 Å². The van der Waals surface area contributed by atoms with Crippen LogP contribution in [0.25, 0.3) is 0 Å². The number of hydrogen-bond acceptors (Lipinski definition) is 1. The van der Waals surface area contributed by atoms with Crippen molar-refractivity contribution in [3.8, 4) is 0 Å². The van der Waals surface area contributed by atoms with E-state index in [1.807, 2.05) is 0 Å². The van der Waals surface area contributed by atoms with Gasteiger partial charge in [0.15, 0.2) is 0 Å². The average molecular weight is 189 g/mol. The number of nitrogens with one attached hydrogen (secondary N) is 1. The van der Waals surface area contributed by atoms with Gasteiger partial charge in [-0.25, -0.2) is 0 Å². The maximum atomic E-state index is 3.60. The van der Waals surface area contributed by atoms with Crippen LogP contribution in [0.15, 0.2) is 18.2 Å². The molecule has 1 heteroatoms. The van der Waals surface area contributed by atoms with Gasteiger partial charge in [0.2, 0.25) is 0 Å². The van der Waals surface area contributed by atoms with Crippen LogP contribution in [0.1, 0.15) is 37.8 Å². The van der Waals surface area contributed by atoms with Crippen LogP contribution in [0.3, 0.4) is 0 Å². The van der Waals surface area contributed by atoms with Crippen molar-refractivity contribution < 1.29 is 0 Å². The van der Waals surface area contributed by atoms with Gasteiger partial charge >= 0.3 is 0 Å². The van der Waals surface area contributed by atoms with E-state index in [9.17, 15) is 0 Å². The van der Waals surface area contributed by atoms with Crippen LogP contribution >= 0.6 is 0 Å². The molecule has 0 radical (unpaired) electrons. The third-order valence-corrected chi connectivity index (χ3v) is 3.19. The Morgan fingerprint density at radius 3 is 2.93 bits per heavy atom. The second kappa shape index (κ2) is 4.04. The zero-order valence-corrected chi connectivity index (χ0v) is 9.14. The van der Waals surface area contributed by atoms with Gasteiger partial charge in [0, 0.05) is 11.7 Å². The molecule has 0 aromatic heterocycles. The van der Waals surface area contributed by atoms with E-state index in [0.717, 1.165) is 6.42 Å². The highest BCUT2D eigenvalue weighted by atomic mass is 14.9. The first-order valence-electron chi connectivity index (χ1n) is 5.71. The third kappa shape index (κ3) is 1.77. The molecule has 1 aliphatic rings. The maximum absolute atomic E-state index is 3.60. The van der Waals surface area contributed by atoms with Gasteiger partial charge in [-0.05, 0) is 42.9 Å². The quantitative estimate of drug-likeness (QED) is 0.752. The highest BCUT2D eigenvalue weighted by molar-refractivity contribution is 5.55. The summed E-state index contributed by atoms with van der Waals surface area (Å²) in [4.78, 5) is 0. The third-order valence-electron chi connectivity index (χ3n) is 3.19. The highest BCUT2D eigenvalue weighted by Crippen LogP contribution is 2.26. The van der Waals surface area contributed by atoms with Crippen molar-refractivity contribution in [2.75, 3.05) is 5.32 Å². The fourth-order valence-electron chi connectivity index (χ4n) is 2.14. The van der Waals surface area contributed by atoms with Gasteiger partial charge in [-0.2, -0.15) is 0 Å². The summed E-state index contributed by atoms with van der Waals surface area (Å²) in [5.41, 5.74) is 4.33. The lowest BCUT2D eigenvalue weighted by Crippen LogP contribution is -2.24. The smallest absolute Gasteiger partial charge is 0.0375 e. The van der Waals surface area contributed by atoms with Crippen molar-refractivity contribution in [1.82, 2.24) is 0 Å². The zero-order chi connectivity index (χ0) is 9.97. The van der Waals surface area contributed by atoms with Gasteiger partial charge in [-0.1, -0.05) is 26.0 Å². The normalized spacial score (nSPS) is 20.0. The predicted octanol–water partition coefficient (Wildman–Crippen LogP) is 3.39. The Morgan fingerprint density at radius 1 is 1.36 bits per heavy atom. The molecule has 1 heterocycles. The predicted molar refractivity (Wildman–Crippen MR) is 61.8 cm³/mol. The van der Waals surface area contributed by atoms with Crippen LogP contribution in [0, 0.1) is 0 Å². The summed E-state index contributed by atoms with van der Waals surface area (Å²) in [6.07, 6.45) is 4.91. The van der Waals surface area contributed by atoms with Crippen LogP contribution in [0.5, 0.6) is 0 Å². The Bertz CT molecular complexity index is 317. The minimum absolute atomic E-state index is 0.690. The number of aryl methyl sites for hydroxylation is 2.